The standard InChI is InChI=1S/C19H28N4O2/c1-4-17-16-13-25-19(2,3)11-14(16)15(12-20)18(22-17)21-5-6-23-7-9-24-10-8-23/h4-11,13H2,1-3H3,(H,21,22). The molecular weight excluding hydrogens is 316 g/mol. The Morgan fingerprint density at radius 1 is 1.28 bits per heavy atom. The zero-order chi connectivity index (χ0) is 17.9. The molecule has 0 spiro atoms. The van der Waals surface area contributed by atoms with E-state index in [9.17, 15) is 5.26 Å². The van der Waals surface area contributed by atoms with Gasteiger partial charge in [0.15, 0.2) is 0 Å². The number of hydrogen-bond donors (Lipinski definition) is 1. The summed E-state index contributed by atoms with van der Waals surface area (Å²) in [6, 6.07) is 2.39. The Balaban J connectivity index is 1.80. The van der Waals surface area contributed by atoms with Crippen molar-refractivity contribution in [1.29, 1.82) is 5.26 Å². The van der Waals surface area contributed by atoms with Crippen LogP contribution in [0.2, 0.25) is 0 Å². The number of aromatic nitrogens is 1. The Kier molecular flexibility index (Phi) is 5.57. The number of ether oxygens (including phenoxy) is 2. The highest BCUT2D eigenvalue weighted by atomic mass is 16.5. The van der Waals surface area contributed by atoms with Gasteiger partial charge in [0.1, 0.15) is 11.9 Å². The van der Waals surface area contributed by atoms with E-state index in [0.717, 1.165) is 74.9 Å². The van der Waals surface area contributed by atoms with Gasteiger partial charge in [-0.15, -0.1) is 0 Å². The molecule has 3 rings (SSSR count). The zero-order valence-electron chi connectivity index (χ0n) is 15.5. The highest BCUT2D eigenvalue weighted by Gasteiger charge is 2.31. The fourth-order valence-corrected chi connectivity index (χ4v) is 3.53. The first-order chi connectivity index (χ1) is 12.0. The number of pyridine rings is 1. The van der Waals surface area contributed by atoms with Crippen LogP contribution < -0.4 is 5.32 Å². The number of fused-ring (bicyclic) bond motifs is 1. The van der Waals surface area contributed by atoms with Gasteiger partial charge in [0.05, 0.1) is 31.0 Å². The van der Waals surface area contributed by atoms with Crippen molar-refractivity contribution in [3.63, 3.8) is 0 Å². The summed E-state index contributed by atoms with van der Waals surface area (Å²) in [4.78, 5) is 7.12. The second kappa shape index (κ2) is 7.69. The predicted octanol–water partition coefficient (Wildman–Crippen LogP) is 2.11. The molecule has 0 radical (unpaired) electrons. The maximum atomic E-state index is 9.76. The molecule has 2 aliphatic rings. The van der Waals surface area contributed by atoms with Gasteiger partial charge in [-0.3, -0.25) is 4.90 Å². The maximum Gasteiger partial charge on any atom is 0.144 e. The number of nitrogens with one attached hydrogen (secondary N) is 1. The van der Waals surface area contributed by atoms with E-state index in [-0.39, 0.29) is 5.60 Å². The zero-order valence-corrected chi connectivity index (χ0v) is 15.5. The molecule has 6 nitrogen and oxygen atoms in total. The molecule has 0 saturated carbocycles. The molecule has 3 heterocycles. The van der Waals surface area contributed by atoms with Crippen molar-refractivity contribution in [2.75, 3.05) is 44.7 Å². The van der Waals surface area contributed by atoms with Crippen LogP contribution in [-0.4, -0.2) is 54.9 Å². The van der Waals surface area contributed by atoms with Crippen LogP contribution in [-0.2, 0) is 28.9 Å². The summed E-state index contributed by atoms with van der Waals surface area (Å²) in [5.74, 6) is 0.726. The lowest BCUT2D eigenvalue weighted by Crippen LogP contribution is -2.39. The average Bonchev–Trinajstić information content (AvgIpc) is 2.61. The Hall–Kier alpha value is -1.68. The fourth-order valence-electron chi connectivity index (χ4n) is 3.53. The van der Waals surface area contributed by atoms with Gasteiger partial charge in [-0.2, -0.15) is 5.26 Å². The molecule has 1 aromatic rings. The molecule has 1 N–H and O–H groups in total. The molecule has 1 aromatic heterocycles. The molecule has 0 bridgehead atoms. The van der Waals surface area contributed by atoms with E-state index in [4.69, 9.17) is 14.5 Å². The van der Waals surface area contributed by atoms with Gasteiger partial charge in [0.2, 0.25) is 0 Å². The first kappa shape index (κ1) is 18.1. The van der Waals surface area contributed by atoms with Crippen LogP contribution in [0.4, 0.5) is 5.82 Å². The molecule has 0 aromatic carbocycles. The van der Waals surface area contributed by atoms with Crippen molar-refractivity contribution in [1.82, 2.24) is 9.88 Å². The summed E-state index contributed by atoms with van der Waals surface area (Å²) >= 11 is 0. The number of nitriles is 1. The van der Waals surface area contributed by atoms with Crippen LogP contribution in [0, 0.1) is 11.3 Å². The number of morpholine rings is 1. The van der Waals surface area contributed by atoms with E-state index in [2.05, 4.69) is 37.1 Å². The number of nitrogens with zero attached hydrogens (tertiary/aromatic N) is 3. The molecule has 1 saturated heterocycles. The third kappa shape index (κ3) is 4.12. The van der Waals surface area contributed by atoms with Crippen molar-refractivity contribution in [3.8, 4) is 6.07 Å². The second-order valence-corrected chi connectivity index (χ2v) is 7.31. The molecule has 6 heteroatoms. The maximum absolute atomic E-state index is 9.76. The molecule has 0 amide bonds. The molecule has 0 aliphatic carbocycles. The summed E-state index contributed by atoms with van der Waals surface area (Å²) in [7, 11) is 0. The lowest BCUT2D eigenvalue weighted by molar-refractivity contribution is -0.0406. The van der Waals surface area contributed by atoms with Gasteiger partial charge in [-0.05, 0) is 25.8 Å². The summed E-state index contributed by atoms with van der Waals surface area (Å²) in [5, 5.41) is 13.2. The molecule has 25 heavy (non-hydrogen) atoms. The first-order valence-electron chi connectivity index (χ1n) is 9.16. The highest BCUT2D eigenvalue weighted by Crippen LogP contribution is 2.34. The monoisotopic (exact) mass is 344 g/mol. The van der Waals surface area contributed by atoms with E-state index < -0.39 is 0 Å². The highest BCUT2D eigenvalue weighted by molar-refractivity contribution is 5.60. The fraction of sp³-hybridized carbons (Fsp3) is 0.684. The van der Waals surface area contributed by atoms with Gasteiger partial charge in [-0.1, -0.05) is 6.92 Å². The molecule has 1 fully saturated rings. The van der Waals surface area contributed by atoms with Crippen LogP contribution in [0.5, 0.6) is 0 Å². The van der Waals surface area contributed by atoms with Gasteiger partial charge < -0.3 is 14.8 Å². The Morgan fingerprint density at radius 2 is 2.04 bits per heavy atom. The van der Waals surface area contributed by atoms with Crippen molar-refractivity contribution in [2.45, 2.75) is 45.8 Å². The number of rotatable bonds is 5. The van der Waals surface area contributed by atoms with Gasteiger partial charge >= 0.3 is 0 Å². The molecule has 136 valence electrons. The van der Waals surface area contributed by atoms with E-state index >= 15 is 0 Å². The minimum atomic E-state index is -0.240. The van der Waals surface area contributed by atoms with Gasteiger partial charge in [0.25, 0.3) is 0 Å². The van der Waals surface area contributed by atoms with E-state index in [1.165, 1.54) is 0 Å². The van der Waals surface area contributed by atoms with Crippen LogP contribution in [0.15, 0.2) is 0 Å². The third-order valence-corrected chi connectivity index (χ3v) is 4.98. The normalized spacial score (nSPS) is 19.9. The largest absolute Gasteiger partial charge is 0.379 e. The summed E-state index contributed by atoms with van der Waals surface area (Å²) in [6.07, 6.45) is 1.59. The van der Waals surface area contributed by atoms with Crippen molar-refractivity contribution in [3.05, 3.63) is 22.4 Å². The van der Waals surface area contributed by atoms with Crippen LogP contribution in [0.25, 0.3) is 0 Å². The molecule has 2 aliphatic heterocycles. The Labute approximate surface area is 150 Å². The Bertz CT molecular complexity index is 660. The van der Waals surface area contributed by atoms with Crippen molar-refractivity contribution >= 4 is 5.82 Å². The quantitative estimate of drug-likeness (QED) is 0.882. The topological polar surface area (TPSA) is 70.4 Å². The molecular formula is C19H28N4O2. The number of anilines is 1. The van der Waals surface area contributed by atoms with E-state index in [1.54, 1.807) is 0 Å². The van der Waals surface area contributed by atoms with Gasteiger partial charge in [-0.25, -0.2) is 4.98 Å². The predicted molar refractivity (Wildman–Crippen MR) is 96.7 cm³/mol. The minimum Gasteiger partial charge on any atom is -0.379 e. The van der Waals surface area contributed by atoms with Gasteiger partial charge in [0, 0.05) is 43.9 Å². The lowest BCUT2D eigenvalue weighted by atomic mass is 9.87. The molecule has 0 atom stereocenters. The Morgan fingerprint density at radius 3 is 2.72 bits per heavy atom. The van der Waals surface area contributed by atoms with Crippen LogP contribution in [0.1, 0.15) is 43.2 Å². The SMILES string of the molecule is CCc1nc(NCCN2CCOCC2)c(C#N)c2c1COC(C)(C)C2. The van der Waals surface area contributed by atoms with Crippen LogP contribution in [0.3, 0.4) is 0 Å². The number of hydrogen-bond acceptors (Lipinski definition) is 6. The molecule has 0 unspecified atom stereocenters. The average molecular weight is 344 g/mol. The smallest absolute Gasteiger partial charge is 0.144 e. The number of aryl methyl sites for hydroxylation is 1. The second-order valence-electron chi connectivity index (χ2n) is 7.31. The summed E-state index contributed by atoms with van der Waals surface area (Å²) in [5.41, 5.74) is 3.70. The van der Waals surface area contributed by atoms with Crippen molar-refractivity contribution in [2.24, 2.45) is 0 Å². The van der Waals surface area contributed by atoms with E-state index in [0.29, 0.717) is 12.2 Å². The minimum absolute atomic E-state index is 0.240. The summed E-state index contributed by atoms with van der Waals surface area (Å²) in [6.45, 7) is 12.1. The lowest BCUT2D eigenvalue weighted by Gasteiger charge is -2.33. The van der Waals surface area contributed by atoms with Crippen molar-refractivity contribution < 1.29 is 9.47 Å². The van der Waals surface area contributed by atoms with Crippen LogP contribution >= 0.6 is 0 Å². The third-order valence-electron chi connectivity index (χ3n) is 4.98. The first-order valence-corrected chi connectivity index (χ1v) is 9.16. The van der Waals surface area contributed by atoms with E-state index in [1.807, 2.05) is 0 Å². The summed E-state index contributed by atoms with van der Waals surface area (Å²) < 4.78 is 11.3.